The normalized spacial score (nSPS) is 16.0. The van der Waals surface area contributed by atoms with E-state index < -0.39 is 40.2 Å². The van der Waals surface area contributed by atoms with Crippen molar-refractivity contribution in [1.29, 1.82) is 0 Å². The summed E-state index contributed by atoms with van der Waals surface area (Å²) in [6.07, 6.45) is -0.241. The number of methoxy groups -OCH3 is 1. The summed E-state index contributed by atoms with van der Waals surface area (Å²) in [6, 6.07) is 9.91. The SMILES string of the molecule is COC(=O)c1ccc(N2C(=O)CC(N(C(=O)c3cccc([N+](=O)[O-])c3)C(C)(C)C)C2=O)cc1. The zero-order chi connectivity index (χ0) is 24.5. The molecule has 0 spiro atoms. The number of carbonyl (C=O) groups is 4. The van der Waals surface area contributed by atoms with Crippen molar-refractivity contribution in [3.05, 3.63) is 69.8 Å². The molecule has 0 bridgehead atoms. The molecule has 33 heavy (non-hydrogen) atoms. The van der Waals surface area contributed by atoms with Crippen LogP contribution >= 0.6 is 0 Å². The van der Waals surface area contributed by atoms with Gasteiger partial charge in [-0.15, -0.1) is 0 Å². The number of ether oxygens (including phenoxy) is 1. The van der Waals surface area contributed by atoms with Crippen LogP contribution < -0.4 is 4.90 Å². The van der Waals surface area contributed by atoms with Crippen LogP contribution in [0.5, 0.6) is 0 Å². The lowest BCUT2D eigenvalue weighted by molar-refractivity contribution is -0.384. The molecule has 3 rings (SSSR count). The van der Waals surface area contributed by atoms with Gasteiger partial charge in [0.2, 0.25) is 5.91 Å². The summed E-state index contributed by atoms with van der Waals surface area (Å²) < 4.78 is 4.65. The summed E-state index contributed by atoms with van der Waals surface area (Å²) in [4.78, 5) is 63.9. The molecule has 2 aromatic rings. The van der Waals surface area contributed by atoms with Crippen LogP contribution in [0.1, 0.15) is 47.9 Å². The fourth-order valence-electron chi connectivity index (χ4n) is 3.76. The Morgan fingerprint density at radius 3 is 2.27 bits per heavy atom. The third kappa shape index (κ3) is 4.59. The Hall–Kier alpha value is -4.08. The Bertz CT molecular complexity index is 1140. The van der Waals surface area contributed by atoms with Gasteiger partial charge < -0.3 is 9.64 Å². The van der Waals surface area contributed by atoms with Crippen molar-refractivity contribution in [1.82, 2.24) is 4.90 Å². The topological polar surface area (TPSA) is 127 Å². The van der Waals surface area contributed by atoms with E-state index in [0.717, 1.165) is 11.0 Å². The molecule has 1 aliphatic rings. The molecular weight excluding hydrogens is 430 g/mol. The lowest BCUT2D eigenvalue weighted by Gasteiger charge is -2.39. The van der Waals surface area contributed by atoms with Gasteiger partial charge in [-0.05, 0) is 51.1 Å². The highest BCUT2D eigenvalue weighted by molar-refractivity contribution is 6.23. The molecule has 1 aliphatic heterocycles. The summed E-state index contributed by atoms with van der Waals surface area (Å²) in [6.45, 7) is 5.15. The second-order valence-electron chi connectivity index (χ2n) is 8.48. The van der Waals surface area contributed by atoms with Crippen molar-refractivity contribution in [2.45, 2.75) is 38.8 Å². The summed E-state index contributed by atoms with van der Waals surface area (Å²) in [7, 11) is 1.24. The average molecular weight is 453 g/mol. The summed E-state index contributed by atoms with van der Waals surface area (Å²) in [5, 5.41) is 11.1. The molecule has 0 aromatic heterocycles. The molecule has 0 aliphatic carbocycles. The minimum atomic E-state index is -1.09. The number of anilines is 1. The van der Waals surface area contributed by atoms with E-state index in [9.17, 15) is 29.3 Å². The molecule has 1 saturated heterocycles. The van der Waals surface area contributed by atoms with Crippen LogP contribution in [-0.4, -0.2) is 52.2 Å². The van der Waals surface area contributed by atoms with Crippen LogP contribution in [0.2, 0.25) is 0 Å². The zero-order valence-corrected chi connectivity index (χ0v) is 18.6. The first-order chi connectivity index (χ1) is 15.5. The maximum atomic E-state index is 13.4. The van der Waals surface area contributed by atoms with Crippen LogP contribution in [0.15, 0.2) is 48.5 Å². The van der Waals surface area contributed by atoms with Crippen LogP contribution in [0.3, 0.4) is 0 Å². The van der Waals surface area contributed by atoms with Crippen molar-refractivity contribution in [3.8, 4) is 0 Å². The average Bonchev–Trinajstić information content (AvgIpc) is 3.05. The van der Waals surface area contributed by atoms with E-state index in [1.165, 1.54) is 54.5 Å². The number of hydrogen-bond donors (Lipinski definition) is 0. The standard InChI is InChI=1S/C23H23N3O7/c1-23(2,3)25(20(28)15-6-5-7-17(12-15)26(31)32)18-13-19(27)24(21(18)29)16-10-8-14(9-11-16)22(30)33-4/h5-12,18H,13H2,1-4H3. The third-order valence-electron chi connectivity index (χ3n) is 5.23. The number of benzene rings is 2. The minimum absolute atomic E-state index is 0.0419. The molecule has 10 heteroatoms. The highest BCUT2D eigenvalue weighted by Gasteiger charge is 2.47. The second kappa shape index (κ2) is 8.81. The fourth-order valence-corrected chi connectivity index (χ4v) is 3.76. The van der Waals surface area contributed by atoms with Gasteiger partial charge in [0.15, 0.2) is 0 Å². The number of hydrogen-bond acceptors (Lipinski definition) is 7. The summed E-state index contributed by atoms with van der Waals surface area (Å²) in [5.74, 6) is -2.25. The van der Waals surface area contributed by atoms with Crippen molar-refractivity contribution in [3.63, 3.8) is 0 Å². The van der Waals surface area contributed by atoms with E-state index in [4.69, 9.17) is 0 Å². The van der Waals surface area contributed by atoms with Gasteiger partial charge in [-0.25, -0.2) is 9.69 Å². The quantitative estimate of drug-likeness (QED) is 0.295. The van der Waals surface area contributed by atoms with Gasteiger partial charge in [0, 0.05) is 23.2 Å². The molecular formula is C23H23N3O7. The Labute approximate surface area is 189 Å². The second-order valence-corrected chi connectivity index (χ2v) is 8.48. The first-order valence-corrected chi connectivity index (χ1v) is 10.1. The first-order valence-electron chi connectivity index (χ1n) is 10.1. The molecule has 172 valence electrons. The minimum Gasteiger partial charge on any atom is -0.465 e. The molecule has 0 radical (unpaired) electrons. The Morgan fingerprint density at radius 1 is 1.09 bits per heavy atom. The smallest absolute Gasteiger partial charge is 0.337 e. The number of nitro benzene ring substituents is 1. The molecule has 0 saturated carbocycles. The lowest BCUT2D eigenvalue weighted by Crippen LogP contribution is -2.54. The van der Waals surface area contributed by atoms with E-state index in [1.807, 2.05) is 0 Å². The van der Waals surface area contributed by atoms with Gasteiger partial charge in [0.1, 0.15) is 6.04 Å². The predicted octanol–water partition coefficient (Wildman–Crippen LogP) is 2.95. The van der Waals surface area contributed by atoms with Crippen LogP contribution in [-0.2, 0) is 14.3 Å². The van der Waals surface area contributed by atoms with E-state index >= 15 is 0 Å². The number of nitro groups is 1. The largest absolute Gasteiger partial charge is 0.465 e. The monoisotopic (exact) mass is 453 g/mol. The molecule has 1 unspecified atom stereocenters. The Kier molecular flexibility index (Phi) is 6.30. The Morgan fingerprint density at radius 2 is 1.73 bits per heavy atom. The molecule has 3 amide bonds. The van der Waals surface area contributed by atoms with Crippen LogP contribution in [0, 0.1) is 10.1 Å². The van der Waals surface area contributed by atoms with Crippen molar-refractivity contribution in [2.75, 3.05) is 12.0 Å². The molecule has 1 fully saturated rings. The van der Waals surface area contributed by atoms with Crippen LogP contribution in [0.25, 0.3) is 0 Å². The molecule has 0 N–H and O–H groups in total. The van der Waals surface area contributed by atoms with E-state index in [1.54, 1.807) is 20.8 Å². The molecule has 10 nitrogen and oxygen atoms in total. The molecule has 1 heterocycles. The van der Waals surface area contributed by atoms with Crippen molar-refractivity contribution < 1.29 is 28.8 Å². The maximum absolute atomic E-state index is 13.4. The van der Waals surface area contributed by atoms with E-state index in [0.29, 0.717) is 0 Å². The van der Waals surface area contributed by atoms with Gasteiger partial charge in [0.05, 0.1) is 29.7 Å². The van der Waals surface area contributed by atoms with E-state index in [2.05, 4.69) is 4.74 Å². The third-order valence-corrected chi connectivity index (χ3v) is 5.23. The summed E-state index contributed by atoms with van der Waals surface area (Å²) in [5.41, 5.74) is -0.561. The highest BCUT2D eigenvalue weighted by Crippen LogP contribution is 2.31. The Balaban J connectivity index is 1.95. The predicted molar refractivity (Wildman–Crippen MR) is 118 cm³/mol. The zero-order valence-electron chi connectivity index (χ0n) is 18.6. The van der Waals surface area contributed by atoms with Crippen molar-refractivity contribution in [2.24, 2.45) is 0 Å². The summed E-state index contributed by atoms with van der Waals surface area (Å²) >= 11 is 0. The van der Waals surface area contributed by atoms with Crippen molar-refractivity contribution >= 4 is 35.1 Å². The molecule has 2 aromatic carbocycles. The lowest BCUT2D eigenvalue weighted by atomic mass is 9.99. The molecule has 1 atom stereocenters. The van der Waals surface area contributed by atoms with Gasteiger partial charge in [0.25, 0.3) is 17.5 Å². The van der Waals surface area contributed by atoms with Gasteiger partial charge in [-0.2, -0.15) is 0 Å². The van der Waals surface area contributed by atoms with Crippen LogP contribution in [0.4, 0.5) is 11.4 Å². The van der Waals surface area contributed by atoms with Gasteiger partial charge in [-0.1, -0.05) is 6.07 Å². The maximum Gasteiger partial charge on any atom is 0.337 e. The van der Waals surface area contributed by atoms with E-state index in [-0.39, 0.29) is 28.9 Å². The first kappa shape index (κ1) is 23.6. The van der Waals surface area contributed by atoms with Gasteiger partial charge >= 0.3 is 5.97 Å². The number of imide groups is 1. The number of non-ortho nitro benzene ring substituents is 1. The number of nitrogens with zero attached hydrogens (tertiary/aromatic N) is 3. The fraction of sp³-hybridized carbons (Fsp3) is 0.304. The highest BCUT2D eigenvalue weighted by atomic mass is 16.6. The van der Waals surface area contributed by atoms with Gasteiger partial charge in [-0.3, -0.25) is 24.5 Å². The number of carbonyl (C=O) groups excluding carboxylic acids is 4. The number of esters is 1. The number of rotatable bonds is 5. The number of amides is 3.